The van der Waals surface area contributed by atoms with Gasteiger partial charge in [-0.15, -0.1) is 0 Å². The molecule has 7 nitrogen and oxygen atoms in total. The number of piperidine rings is 1. The Morgan fingerprint density at radius 1 is 0.967 bits per heavy atom. The van der Waals surface area contributed by atoms with Gasteiger partial charge in [0.2, 0.25) is 0 Å². The average molecular weight is 412 g/mol. The van der Waals surface area contributed by atoms with Gasteiger partial charge in [0.1, 0.15) is 5.75 Å². The van der Waals surface area contributed by atoms with Crippen LogP contribution in [0, 0.1) is 0 Å². The molecule has 2 amide bonds. The Morgan fingerprint density at radius 3 is 2.47 bits per heavy atom. The molecule has 3 rings (SSSR count). The van der Waals surface area contributed by atoms with E-state index in [1.54, 1.807) is 31.4 Å². The molecule has 0 aliphatic carbocycles. The quantitative estimate of drug-likeness (QED) is 0.652. The second-order valence-electron chi connectivity index (χ2n) is 7.18. The van der Waals surface area contributed by atoms with E-state index in [0.717, 1.165) is 31.6 Å². The van der Waals surface area contributed by atoms with E-state index in [4.69, 9.17) is 9.47 Å². The van der Waals surface area contributed by atoms with Crippen LogP contribution in [0.1, 0.15) is 40.0 Å². The summed E-state index contributed by atoms with van der Waals surface area (Å²) in [5, 5.41) is 5.77. The maximum Gasteiger partial charge on any atom is 0.259 e. The Balaban J connectivity index is 1.85. The van der Waals surface area contributed by atoms with Crippen molar-refractivity contribution < 1.29 is 19.1 Å². The summed E-state index contributed by atoms with van der Waals surface area (Å²) in [5.41, 5.74) is 2.43. The molecule has 7 heteroatoms. The van der Waals surface area contributed by atoms with Crippen molar-refractivity contribution in [3.8, 4) is 5.75 Å². The molecule has 0 spiro atoms. The first-order chi connectivity index (χ1) is 14.6. The number of rotatable bonds is 8. The number of benzene rings is 2. The molecule has 2 N–H and O–H groups in total. The van der Waals surface area contributed by atoms with E-state index in [1.807, 2.05) is 18.2 Å². The molecule has 0 saturated carbocycles. The van der Waals surface area contributed by atoms with Crippen molar-refractivity contribution in [1.29, 1.82) is 0 Å². The summed E-state index contributed by atoms with van der Waals surface area (Å²) in [7, 11) is 3.13. The molecule has 0 bridgehead atoms. The fourth-order valence-electron chi connectivity index (χ4n) is 3.60. The van der Waals surface area contributed by atoms with E-state index in [0.29, 0.717) is 35.7 Å². The van der Waals surface area contributed by atoms with Gasteiger partial charge in [0, 0.05) is 38.1 Å². The molecule has 1 aliphatic heterocycles. The first kappa shape index (κ1) is 21.6. The highest BCUT2D eigenvalue weighted by molar-refractivity contribution is 6.07. The minimum absolute atomic E-state index is 0.180. The summed E-state index contributed by atoms with van der Waals surface area (Å²) in [4.78, 5) is 27.9. The Morgan fingerprint density at radius 2 is 1.73 bits per heavy atom. The molecular formula is C23H29N3O4. The first-order valence-corrected chi connectivity index (χ1v) is 10.2. The number of hydrogen-bond donors (Lipinski definition) is 2. The van der Waals surface area contributed by atoms with Crippen LogP contribution in [0.15, 0.2) is 42.5 Å². The number of carbonyl (C=O) groups is 2. The van der Waals surface area contributed by atoms with Crippen molar-refractivity contribution in [2.24, 2.45) is 0 Å². The number of hydrogen-bond acceptors (Lipinski definition) is 5. The lowest BCUT2D eigenvalue weighted by molar-refractivity contribution is 0.0936. The Kier molecular flexibility index (Phi) is 7.68. The van der Waals surface area contributed by atoms with Crippen LogP contribution in [-0.2, 0) is 4.74 Å². The van der Waals surface area contributed by atoms with E-state index in [2.05, 4.69) is 15.5 Å². The summed E-state index contributed by atoms with van der Waals surface area (Å²) in [5.74, 6) is 0.0300. The van der Waals surface area contributed by atoms with Crippen LogP contribution in [0.5, 0.6) is 5.75 Å². The van der Waals surface area contributed by atoms with Crippen LogP contribution in [0.25, 0.3) is 0 Å². The molecule has 1 saturated heterocycles. The molecule has 2 aromatic carbocycles. The van der Waals surface area contributed by atoms with Crippen molar-refractivity contribution in [1.82, 2.24) is 5.32 Å². The van der Waals surface area contributed by atoms with Gasteiger partial charge >= 0.3 is 0 Å². The maximum absolute atomic E-state index is 12.9. The van der Waals surface area contributed by atoms with Crippen LogP contribution in [-0.4, -0.2) is 52.3 Å². The van der Waals surface area contributed by atoms with Crippen molar-refractivity contribution in [2.45, 2.75) is 19.3 Å². The molecule has 0 unspecified atom stereocenters. The minimum Gasteiger partial charge on any atom is -0.496 e. The van der Waals surface area contributed by atoms with Crippen LogP contribution in [0.3, 0.4) is 0 Å². The molecule has 1 fully saturated rings. The third-order valence-corrected chi connectivity index (χ3v) is 5.14. The van der Waals surface area contributed by atoms with Gasteiger partial charge in [0.25, 0.3) is 11.8 Å². The van der Waals surface area contributed by atoms with Crippen LogP contribution in [0.2, 0.25) is 0 Å². The van der Waals surface area contributed by atoms with Gasteiger partial charge in [-0.1, -0.05) is 12.1 Å². The number of anilines is 2. The summed E-state index contributed by atoms with van der Waals surface area (Å²) >= 11 is 0. The third kappa shape index (κ3) is 5.30. The number of nitrogens with one attached hydrogen (secondary N) is 2. The Hall–Kier alpha value is -3.06. The standard InChI is InChI=1S/C23H29N3O4/c1-29-15-12-24-22(27)19-16-17(10-11-20(19)26-13-6-3-7-14-26)25-23(28)18-8-4-5-9-21(18)30-2/h4-5,8-11,16H,3,6-7,12-15H2,1-2H3,(H,24,27)(H,25,28). The molecule has 1 aliphatic rings. The summed E-state index contributed by atoms with van der Waals surface area (Å²) in [6.45, 7) is 2.71. The van der Waals surface area contributed by atoms with Gasteiger partial charge in [-0.3, -0.25) is 9.59 Å². The summed E-state index contributed by atoms with van der Waals surface area (Å²) < 4.78 is 10.3. The number of nitrogens with zero attached hydrogens (tertiary/aromatic N) is 1. The summed E-state index contributed by atoms with van der Waals surface area (Å²) in [6.07, 6.45) is 3.42. The third-order valence-electron chi connectivity index (χ3n) is 5.14. The van der Waals surface area contributed by atoms with Gasteiger partial charge in [-0.05, 0) is 49.6 Å². The predicted molar refractivity (Wildman–Crippen MR) is 118 cm³/mol. The molecular weight excluding hydrogens is 382 g/mol. The van der Waals surface area contributed by atoms with Gasteiger partial charge in [0.05, 0.1) is 24.8 Å². The maximum atomic E-state index is 12.9. The second kappa shape index (κ2) is 10.6. The highest BCUT2D eigenvalue weighted by Gasteiger charge is 2.20. The monoisotopic (exact) mass is 411 g/mol. The van der Waals surface area contributed by atoms with Gasteiger partial charge in [-0.2, -0.15) is 0 Å². The van der Waals surface area contributed by atoms with Crippen LogP contribution in [0.4, 0.5) is 11.4 Å². The number of ether oxygens (including phenoxy) is 2. The van der Waals surface area contributed by atoms with Gasteiger partial charge in [0.15, 0.2) is 0 Å². The van der Waals surface area contributed by atoms with Gasteiger partial charge in [-0.25, -0.2) is 0 Å². The van der Waals surface area contributed by atoms with Crippen molar-refractivity contribution in [3.05, 3.63) is 53.6 Å². The zero-order chi connectivity index (χ0) is 21.3. The normalized spacial score (nSPS) is 13.6. The van der Waals surface area contributed by atoms with Crippen molar-refractivity contribution >= 4 is 23.2 Å². The fraction of sp³-hybridized carbons (Fsp3) is 0.391. The van der Waals surface area contributed by atoms with Crippen molar-refractivity contribution in [3.63, 3.8) is 0 Å². The Bertz CT molecular complexity index is 879. The van der Waals surface area contributed by atoms with Gasteiger partial charge < -0.3 is 25.0 Å². The highest BCUT2D eigenvalue weighted by Crippen LogP contribution is 2.28. The predicted octanol–water partition coefficient (Wildman–Crippen LogP) is 3.31. The number of amides is 2. The molecule has 2 aromatic rings. The number of carbonyl (C=O) groups excluding carboxylic acids is 2. The second-order valence-corrected chi connectivity index (χ2v) is 7.18. The molecule has 0 radical (unpaired) electrons. The zero-order valence-electron chi connectivity index (χ0n) is 17.6. The SMILES string of the molecule is COCCNC(=O)c1cc(NC(=O)c2ccccc2OC)ccc1N1CCCCC1. The molecule has 0 aromatic heterocycles. The minimum atomic E-state index is -0.288. The summed E-state index contributed by atoms with van der Waals surface area (Å²) in [6, 6.07) is 12.5. The lowest BCUT2D eigenvalue weighted by Gasteiger charge is -2.30. The van der Waals surface area contributed by atoms with E-state index in [1.165, 1.54) is 13.5 Å². The fourth-order valence-corrected chi connectivity index (χ4v) is 3.60. The van der Waals surface area contributed by atoms with Crippen LogP contribution < -0.4 is 20.3 Å². The smallest absolute Gasteiger partial charge is 0.259 e. The van der Waals surface area contributed by atoms with Crippen LogP contribution >= 0.6 is 0 Å². The van der Waals surface area contributed by atoms with E-state index in [-0.39, 0.29) is 11.8 Å². The topological polar surface area (TPSA) is 79.9 Å². The lowest BCUT2D eigenvalue weighted by Crippen LogP contribution is -2.33. The van der Waals surface area contributed by atoms with E-state index < -0.39 is 0 Å². The zero-order valence-corrected chi connectivity index (χ0v) is 17.6. The van der Waals surface area contributed by atoms with Crippen molar-refractivity contribution in [2.75, 3.05) is 50.7 Å². The lowest BCUT2D eigenvalue weighted by atomic mass is 10.1. The molecule has 30 heavy (non-hydrogen) atoms. The van der Waals surface area contributed by atoms with E-state index in [9.17, 15) is 9.59 Å². The highest BCUT2D eigenvalue weighted by atomic mass is 16.5. The van der Waals surface area contributed by atoms with E-state index >= 15 is 0 Å². The number of para-hydroxylation sites is 1. The average Bonchev–Trinajstić information content (AvgIpc) is 2.79. The molecule has 160 valence electrons. The Labute approximate surface area is 177 Å². The first-order valence-electron chi connectivity index (χ1n) is 10.2. The largest absolute Gasteiger partial charge is 0.496 e. The molecule has 1 heterocycles. The number of methoxy groups -OCH3 is 2. The molecule has 0 atom stereocenters.